The quantitative estimate of drug-likeness (QED) is 0.511. The van der Waals surface area contributed by atoms with E-state index in [1.54, 1.807) is 0 Å². The van der Waals surface area contributed by atoms with Gasteiger partial charge in [0.2, 0.25) is 0 Å². The van der Waals surface area contributed by atoms with Crippen LogP contribution < -0.4 is 10.9 Å². The highest BCUT2D eigenvalue weighted by Gasteiger charge is 1.90. The van der Waals surface area contributed by atoms with Gasteiger partial charge >= 0.3 is 0 Å². The summed E-state index contributed by atoms with van der Waals surface area (Å²) >= 11 is 0. The van der Waals surface area contributed by atoms with Crippen LogP contribution in [0, 0.1) is 0 Å². The maximum Gasteiger partial charge on any atom is 0.0103 e. The van der Waals surface area contributed by atoms with Crippen molar-refractivity contribution >= 4 is 0 Å². The van der Waals surface area contributed by atoms with Gasteiger partial charge in [-0.05, 0) is 24.8 Å². The van der Waals surface area contributed by atoms with Crippen molar-refractivity contribution in [3.05, 3.63) is 35.9 Å². The van der Waals surface area contributed by atoms with E-state index in [2.05, 4.69) is 48.1 Å². The minimum atomic E-state index is 1.04. The van der Waals surface area contributed by atoms with E-state index in [1.807, 2.05) is 0 Å². The molecule has 0 radical (unpaired) electrons. The van der Waals surface area contributed by atoms with Gasteiger partial charge in [-0.3, -0.25) is 10.9 Å². The van der Waals surface area contributed by atoms with Gasteiger partial charge in [0.1, 0.15) is 0 Å². The maximum atomic E-state index is 3.21. The first kappa shape index (κ1) is 11.2. The molecule has 0 saturated heterocycles. The van der Waals surface area contributed by atoms with Crippen molar-refractivity contribution in [3.63, 3.8) is 0 Å². The molecule has 0 bridgehead atoms. The van der Waals surface area contributed by atoms with Crippen LogP contribution in [0.1, 0.15) is 25.3 Å². The summed E-state index contributed by atoms with van der Waals surface area (Å²) in [6, 6.07) is 10.6. The van der Waals surface area contributed by atoms with Gasteiger partial charge in [0.15, 0.2) is 0 Å². The molecule has 0 aromatic heterocycles. The molecule has 0 aliphatic heterocycles. The third kappa shape index (κ3) is 5.00. The lowest BCUT2D eigenvalue weighted by Crippen LogP contribution is -2.33. The van der Waals surface area contributed by atoms with Crippen molar-refractivity contribution in [3.8, 4) is 0 Å². The number of benzene rings is 1. The Morgan fingerprint density at radius 3 is 2.43 bits per heavy atom. The van der Waals surface area contributed by atoms with Crippen LogP contribution >= 0.6 is 0 Å². The van der Waals surface area contributed by atoms with Gasteiger partial charge in [0.05, 0.1) is 0 Å². The zero-order valence-corrected chi connectivity index (χ0v) is 8.92. The van der Waals surface area contributed by atoms with Gasteiger partial charge in [0, 0.05) is 13.1 Å². The topological polar surface area (TPSA) is 24.1 Å². The third-order valence-corrected chi connectivity index (χ3v) is 2.11. The highest BCUT2D eigenvalue weighted by molar-refractivity contribution is 5.14. The van der Waals surface area contributed by atoms with Gasteiger partial charge in [-0.2, -0.15) is 0 Å². The van der Waals surface area contributed by atoms with E-state index in [-0.39, 0.29) is 0 Å². The Morgan fingerprint density at radius 2 is 1.71 bits per heavy atom. The molecule has 0 aliphatic rings. The molecule has 0 fully saturated rings. The smallest absolute Gasteiger partial charge is 0.0103 e. The second kappa shape index (κ2) is 7.54. The second-order valence-electron chi connectivity index (χ2n) is 3.44. The molecule has 78 valence electrons. The average Bonchev–Trinajstić information content (AvgIpc) is 2.25. The second-order valence-corrected chi connectivity index (χ2v) is 3.44. The Bertz CT molecular complexity index is 221. The van der Waals surface area contributed by atoms with Crippen LogP contribution in [-0.2, 0) is 6.42 Å². The van der Waals surface area contributed by atoms with E-state index < -0.39 is 0 Å². The molecule has 2 nitrogen and oxygen atoms in total. The summed E-state index contributed by atoms with van der Waals surface area (Å²) in [5.74, 6) is 0. The molecule has 14 heavy (non-hydrogen) atoms. The zero-order valence-electron chi connectivity index (χ0n) is 8.92. The van der Waals surface area contributed by atoms with Crippen LogP contribution in [0.15, 0.2) is 30.3 Å². The molecular formula is C12H20N2. The summed E-state index contributed by atoms with van der Waals surface area (Å²) < 4.78 is 0. The van der Waals surface area contributed by atoms with Crippen molar-refractivity contribution < 1.29 is 0 Å². The molecule has 0 aliphatic carbocycles. The third-order valence-electron chi connectivity index (χ3n) is 2.11. The Kier molecular flexibility index (Phi) is 6.04. The lowest BCUT2D eigenvalue weighted by Gasteiger charge is -2.05. The fourth-order valence-electron chi connectivity index (χ4n) is 1.33. The summed E-state index contributed by atoms with van der Waals surface area (Å²) in [5, 5.41) is 0. The SMILES string of the molecule is CCCNNCCCc1ccccc1. The molecule has 1 aromatic carbocycles. The fraction of sp³-hybridized carbons (Fsp3) is 0.500. The largest absolute Gasteiger partial charge is 0.258 e. The molecule has 0 amide bonds. The summed E-state index contributed by atoms with van der Waals surface area (Å²) in [6.07, 6.45) is 3.51. The number of rotatable bonds is 7. The average molecular weight is 192 g/mol. The summed E-state index contributed by atoms with van der Waals surface area (Å²) in [7, 11) is 0. The molecule has 0 spiro atoms. The number of hydrazine groups is 1. The highest BCUT2D eigenvalue weighted by Crippen LogP contribution is 2.00. The number of hydrogen-bond donors (Lipinski definition) is 2. The molecule has 1 rings (SSSR count). The van der Waals surface area contributed by atoms with Crippen LogP contribution in [0.4, 0.5) is 0 Å². The lowest BCUT2D eigenvalue weighted by molar-refractivity contribution is 0.518. The monoisotopic (exact) mass is 192 g/mol. The summed E-state index contributed by atoms with van der Waals surface area (Å²) in [4.78, 5) is 0. The van der Waals surface area contributed by atoms with Crippen molar-refractivity contribution in [1.82, 2.24) is 10.9 Å². The first-order valence-corrected chi connectivity index (χ1v) is 5.43. The molecule has 0 heterocycles. The van der Waals surface area contributed by atoms with E-state index in [0.717, 1.165) is 19.5 Å². The summed E-state index contributed by atoms with van der Waals surface area (Å²) in [5.41, 5.74) is 7.80. The van der Waals surface area contributed by atoms with Crippen LogP contribution in [-0.4, -0.2) is 13.1 Å². The van der Waals surface area contributed by atoms with E-state index in [9.17, 15) is 0 Å². The molecule has 2 heteroatoms. The molecule has 2 N–H and O–H groups in total. The van der Waals surface area contributed by atoms with Crippen molar-refractivity contribution in [2.45, 2.75) is 26.2 Å². The van der Waals surface area contributed by atoms with Crippen LogP contribution in [0.2, 0.25) is 0 Å². The zero-order chi connectivity index (χ0) is 10.1. The van der Waals surface area contributed by atoms with Gasteiger partial charge in [-0.1, -0.05) is 37.3 Å². The van der Waals surface area contributed by atoms with Gasteiger partial charge < -0.3 is 0 Å². The molecule has 0 saturated carbocycles. The fourth-order valence-corrected chi connectivity index (χ4v) is 1.33. The first-order chi connectivity index (χ1) is 6.93. The van der Waals surface area contributed by atoms with E-state index >= 15 is 0 Å². The standard InChI is InChI=1S/C12H20N2/c1-2-10-13-14-11-6-9-12-7-4-3-5-8-12/h3-5,7-8,13-14H,2,6,9-11H2,1H3. The van der Waals surface area contributed by atoms with E-state index in [1.165, 1.54) is 18.4 Å². The normalized spacial score (nSPS) is 10.4. The Morgan fingerprint density at radius 1 is 1.00 bits per heavy atom. The lowest BCUT2D eigenvalue weighted by atomic mass is 10.1. The van der Waals surface area contributed by atoms with Crippen LogP contribution in [0.3, 0.4) is 0 Å². The van der Waals surface area contributed by atoms with E-state index in [0.29, 0.717) is 0 Å². The van der Waals surface area contributed by atoms with Crippen molar-refractivity contribution in [2.75, 3.05) is 13.1 Å². The van der Waals surface area contributed by atoms with Crippen molar-refractivity contribution in [1.29, 1.82) is 0 Å². The maximum absolute atomic E-state index is 3.21. The molecular weight excluding hydrogens is 172 g/mol. The van der Waals surface area contributed by atoms with Gasteiger partial charge in [-0.15, -0.1) is 0 Å². The number of aryl methyl sites for hydroxylation is 1. The van der Waals surface area contributed by atoms with Crippen molar-refractivity contribution in [2.24, 2.45) is 0 Å². The Balaban J connectivity index is 1.99. The van der Waals surface area contributed by atoms with E-state index in [4.69, 9.17) is 0 Å². The van der Waals surface area contributed by atoms with Crippen LogP contribution in [0.5, 0.6) is 0 Å². The Labute approximate surface area is 86.7 Å². The molecule has 0 atom stereocenters. The first-order valence-electron chi connectivity index (χ1n) is 5.43. The number of hydrogen-bond acceptors (Lipinski definition) is 2. The van der Waals surface area contributed by atoms with Gasteiger partial charge in [-0.25, -0.2) is 0 Å². The van der Waals surface area contributed by atoms with Crippen LogP contribution in [0.25, 0.3) is 0 Å². The van der Waals surface area contributed by atoms with Gasteiger partial charge in [0.25, 0.3) is 0 Å². The minimum absolute atomic E-state index is 1.04. The molecule has 0 unspecified atom stereocenters. The highest BCUT2D eigenvalue weighted by atomic mass is 15.3. The Hall–Kier alpha value is -0.860. The predicted molar refractivity (Wildman–Crippen MR) is 61.1 cm³/mol. The molecule has 1 aromatic rings. The minimum Gasteiger partial charge on any atom is -0.258 e. The summed E-state index contributed by atoms with van der Waals surface area (Å²) in [6.45, 7) is 4.25. The predicted octanol–water partition coefficient (Wildman–Crippen LogP) is 2.12. The number of nitrogens with one attached hydrogen (secondary N) is 2.